The SMILES string of the molecule is CC(C)(C(=O)CC1CCCCC1)c1ccc(N)cc1. The molecule has 0 atom stereocenters. The Morgan fingerprint density at radius 3 is 2.32 bits per heavy atom. The van der Waals surface area contributed by atoms with Gasteiger partial charge >= 0.3 is 0 Å². The quantitative estimate of drug-likeness (QED) is 0.828. The average molecular weight is 259 g/mol. The molecule has 2 N–H and O–H groups in total. The third kappa shape index (κ3) is 3.37. The topological polar surface area (TPSA) is 43.1 Å². The third-order valence-corrected chi connectivity index (χ3v) is 4.53. The summed E-state index contributed by atoms with van der Waals surface area (Å²) >= 11 is 0. The van der Waals surface area contributed by atoms with Crippen LogP contribution in [-0.4, -0.2) is 5.78 Å². The van der Waals surface area contributed by atoms with Gasteiger partial charge in [0.05, 0.1) is 0 Å². The fourth-order valence-corrected chi connectivity index (χ4v) is 2.97. The van der Waals surface area contributed by atoms with Crippen molar-refractivity contribution in [2.24, 2.45) is 5.92 Å². The zero-order valence-corrected chi connectivity index (χ0v) is 12.1. The molecular formula is C17H25NO. The molecule has 0 saturated heterocycles. The minimum Gasteiger partial charge on any atom is -0.399 e. The fraction of sp³-hybridized carbons (Fsp3) is 0.588. The van der Waals surface area contributed by atoms with E-state index in [4.69, 9.17) is 5.73 Å². The number of benzene rings is 1. The molecule has 1 aromatic rings. The number of carbonyl (C=O) groups is 1. The normalized spacial score (nSPS) is 17.4. The van der Waals surface area contributed by atoms with Crippen molar-refractivity contribution in [1.29, 1.82) is 0 Å². The van der Waals surface area contributed by atoms with Crippen LogP contribution in [0.3, 0.4) is 0 Å². The number of ketones is 1. The van der Waals surface area contributed by atoms with Gasteiger partial charge in [0, 0.05) is 17.5 Å². The summed E-state index contributed by atoms with van der Waals surface area (Å²) < 4.78 is 0. The van der Waals surface area contributed by atoms with Crippen LogP contribution in [0.15, 0.2) is 24.3 Å². The largest absolute Gasteiger partial charge is 0.399 e. The van der Waals surface area contributed by atoms with Crippen molar-refractivity contribution in [2.45, 2.75) is 57.8 Å². The Morgan fingerprint density at radius 2 is 1.74 bits per heavy atom. The Labute approximate surface area is 116 Å². The van der Waals surface area contributed by atoms with Gasteiger partial charge in [-0.2, -0.15) is 0 Å². The van der Waals surface area contributed by atoms with Crippen LogP contribution < -0.4 is 5.73 Å². The minimum atomic E-state index is -0.398. The first-order chi connectivity index (χ1) is 9.00. The lowest BCUT2D eigenvalue weighted by atomic mass is 9.75. The van der Waals surface area contributed by atoms with Gasteiger partial charge in [0.25, 0.3) is 0 Å². The van der Waals surface area contributed by atoms with Crippen LogP contribution in [0.5, 0.6) is 0 Å². The Bertz CT molecular complexity index is 427. The number of hydrogen-bond acceptors (Lipinski definition) is 2. The second-order valence-corrected chi connectivity index (χ2v) is 6.38. The van der Waals surface area contributed by atoms with Crippen molar-refractivity contribution in [2.75, 3.05) is 5.73 Å². The van der Waals surface area contributed by atoms with E-state index in [2.05, 4.69) is 0 Å². The predicted octanol–water partition coefficient (Wildman–Crippen LogP) is 4.09. The van der Waals surface area contributed by atoms with E-state index in [9.17, 15) is 4.79 Å². The van der Waals surface area contributed by atoms with Gasteiger partial charge in [0.2, 0.25) is 0 Å². The van der Waals surface area contributed by atoms with Crippen LogP contribution in [0, 0.1) is 5.92 Å². The summed E-state index contributed by atoms with van der Waals surface area (Å²) in [4.78, 5) is 12.6. The van der Waals surface area contributed by atoms with Crippen molar-refractivity contribution in [3.63, 3.8) is 0 Å². The number of rotatable bonds is 4. The van der Waals surface area contributed by atoms with Gasteiger partial charge in [0.1, 0.15) is 5.78 Å². The van der Waals surface area contributed by atoms with Crippen molar-refractivity contribution in [3.05, 3.63) is 29.8 Å². The van der Waals surface area contributed by atoms with E-state index in [-0.39, 0.29) is 0 Å². The summed E-state index contributed by atoms with van der Waals surface area (Å²) in [6, 6.07) is 7.72. The van der Waals surface area contributed by atoms with Crippen LogP contribution in [0.2, 0.25) is 0 Å². The molecule has 0 aliphatic heterocycles. The van der Waals surface area contributed by atoms with Gasteiger partial charge in [-0.05, 0) is 37.5 Å². The lowest BCUT2D eigenvalue weighted by molar-refractivity contribution is -0.124. The van der Waals surface area contributed by atoms with E-state index in [0.29, 0.717) is 11.7 Å². The lowest BCUT2D eigenvalue weighted by Gasteiger charge is -2.28. The number of anilines is 1. The molecule has 19 heavy (non-hydrogen) atoms. The second kappa shape index (κ2) is 5.77. The van der Waals surface area contributed by atoms with Crippen LogP contribution >= 0.6 is 0 Å². The molecule has 0 amide bonds. The van der Waals surface area contributed by atoms with Crippen LogP contribution in [0.4, 0.5) is 5.69 Å². The maximum Gasteiger partial charge on any atom is 0.143 e. The van der Waals surface area contributed by atoms with Gasteiger partial charge in [-0.25, -0.2) is 0 Å². The molecule has 0 heterocycles. The number of Topliss-reactive ketones (excluding diaryl/α,β-unsaturated/α-hetero) is 1. The summed E-state index contributed by atoms with van der Waals surface area (Å²) in [7, 11) is 0. The molecule has 2 heteroatoms. The Morgan fingerprint density at radius 1 is 1.16 bits per heavy atom. The first kappa shape index (κ1) is 14.1. The standard InChI is InChI=1S/C17H25NO/c1-17(2,14-8-10-15(18)11-9-14)16(19)12-13-6-4-3-5-7-13/h8-11,13H,3-7,12,18H2,1-2H3. The maximum atomic E-state index is 12.6. The lowest BCUT2D eigenvalue weighted by Crippen LogP contribution is -2.31. The second-order valence-electron chi connectivity index (χ2n) is 6.38. The molecule has 2 rings (SSSR count). The number of nitrogen functional groups attached to an aromatic ring is 1. The van der Waals surface area contributed by atoms with Gasteiger partial charge in [0.15, 0.2) is 0 Å². The zero-order valence-electron chi connectivity index (χ0n) is 12.1. The molecule has 0 unspecified atom stereocenters. The average Bonchev–Trinajstić information content (AvgIpc) is 2.40. The monoisotopic (exact) mass is 259 g/mol. The molecule has 1 fully saturated rings. The van der Waals surface area contributed by atoms with E-state index in [0.717, 1.165) is 17.7 Å². The summed E-state index contributed by atoms with van der Waals surface area (Å²) in [5.74, 6) is 0.971. The molecular weight excluding hydrogens is 234 g/mol. The molecule has 1 saturated carbocycles. The zero-order chi connectivity index (χ0) is 13.9. The van der Waals surface area contributed by atoms with Crippen molar-refractivity contribution >= 4 is 11.5 Å². The van der Waals surface area contributed by atoms with Gasteiger partial charge in [-0.1, -0.05) is 44.2 Å². The fourth-order valence-electron chi connectivity index (χ4n) is 2.97. The summed E-state index contributed by atoms with van der Waals surface area (Å²) in [5, 5.41) is 0. The van der Waals surface area contributed by atoms with Crippen molar-refractivity contribution in [1.82, 2.24) is 0 Å². The molecule has 1 aromatic carbocycles. The molecule has 0 bridgehead atoms. The molecule has 1 aliphatic rings. The molecule has 1 aliphatic carbocycles. The number of carbonyl (C=O) groups excluding carboxylic acids is 1. The first-order valence-corrected chi connectivity index (χ1v) is 7.39. The Hall–Kier alpha value is -1.31. The molecule has 0 radical (unpaired) electrons. The van der Waals surface area contributed by atoms with Crippen LogP contribution in [-0.2, 0) is 10.2 Å². The molecule has 0 spiro atoms. The van der Waals surface area contributed by atoms with E-state index in [1.54, 1.807) is 0 Å². The van der Waals surface area contributed by atoms with E-state index in [1.807, 2.05) is 38.1 Å². The Balaban J connectivity index is 2.05. The smallest absolute Gasteiger partial charge is 0.143 e. The van der Waals surface area contributed by atoms with Gasteiger partial charge < -0.3 is 5.73 Å². The maximum absolute atomic E-state index is 12.6. The van der Waals surface area contributed by atoms with Crippen LogP contribution in [0.25, 0.3) is 0 Å². The van der Waals surface area contributed by atoms with Crippen molar-refractivity contribution < 1.29 is 4.79 Å². The summed E-state index contributed by atoms with van der Waals surface area (Å²) in [5.41, 5.74) is 7.13. The van der Waals surface area contributed by atoms with Crippen molar-refractivity contribution in [3.8, 4) is 0 Å². The molecule has 0 aromatic heterocycles. The number of hydrogen-bond donors (Lipinski definition) is 1. The third-order valence-electron chi connectivity index (χ3n) is 4.53. The number of nitrogens with two attached hydrogens (primary N) is 1. The Kier molecular flexibility index (Phi) is 4.28. The summed E-state index contributed by atoms with van der Waals surface area (Å²) in [6.07, 6.45) is 7.11. The highest BCUT2D eigenvalue weighted by molar-refractivity contribution is 5.89. The van der Waals surface area contributed by atoms with E-state index in [1.165, 1.54) is 32.1 Å². The van der Waals surface area contributed by atoms with Crippen LogP contribution in [0.1, 0.15) is 57.9 Å². The van der Waals surface area contributed by atoms with Gasteiger partial charge in [-0.3, -0.25) is 4.79 Å². The van der Waals surface area contributed by atoms with E-state index < -0.39 is 5.41 Å². The highest BCUT2D eigenvalue weighted by Gasteiger charge is 2.31. The van der Waals surface area contributed by atoms with Gasteiger partial charge in [-0.15, -0.1) is 0 Å². The molecule has 104 valence electrons. The summed E-state index contributed by atoms with van der Waals surface area (Å²) in [6.45, 7) is 4.06. The first-order valence-electron chi connectivity index (χ1n) is 7.39. The highest BCUT2D eigenvalue weighted by Crippen LogP contribution is 2.32. The highest BCUT2D eigenvalue weighted by atomic mass is 16.1. The molecule has 2 nitrogen and oxygen atoms in total. The van der Waals surface area contributed by atoms with E-state index >= 15 is 0 Å². The minimum absolute atomic E-state index is 0.365. The predicted molar refractivity (Wildman–Crippen MR) is 80.1 cm³/mol.